The zero-order chi connectivity index (χ0) is 51.2. The number of nitrogens with zero attached hydrogens (tertiary/aromatic N) is 6. The van der Waals surface area contributed by atoms with E-state index in [-0.39, 0.29) is 46.7 Å². The number of alkyl halides is 1. The normalized spacial score (nSPS) is 18.5. The van der Waals surface area contributed by atoms with Crippen molar-refractivity contribution in [1.82, 2.24) is 40.4 Å². The molecule has 4 fully saturated rings. The van der Waals surface area contributed by atoms with Gasteiger partial charge in [-0.25, -0.2) is 24.3 Å². The second kappa shape index (κ2) is 23.2. The second-order valence-electron chi connectivity index (χ2n) is 21.2. The first kappa shape index (κ1) is 53.7. The number of pyridine rings is 2. The Labute approximate surface area is 425 Å². The lowest BCUT2D eigenvalue weighted by atomic mass is 9.95. The van der Waals surface area contributed by atoms with Crippen LogP contribution in [0.1, 0.15) is 170 Å². The number of amides is 4. The second-order valence-corrected chi connectivity index (χ2v) is 23.2. The average molecular weight is 1020 g/mol. The van der Waals surface area contributed by atoms with Crippen molar-refractivity contribution in [1.29, 1.82) is 0 Å². The highest BCUT2D eigenvalue weighted by molar-refractivity contribution is 7.17. The standard InChI is InChI=1S/C27H39N5O3S.C25H34FN5O3S/c1-17-14-21(30-19-11-6-5-7-12-19)28-15-20(17)23-22(26(34)32-13-9-8-10-18(32)2)31-25(36-23)24(33)29-16-27(3,4)35;1-14-11-19(29-15(2)16-5-6-16)27-12-18(14)21-20(24(33)31-9-7-17(26)8-10-31)30-23(35-21)22(32)28-13-25(3,4)34/h14-15,18-19,35H,5-13,16H2,1-4H3,(H,28,30)(H,29,33);11-12,15-17,34H,5-10,13H2,1-4H3,(H,27,29)(H,28,32)/t18-;15-/m01/s1. The molecule has 2 aliphatic heterocycles. The fraction of sp³-hybridized carbons (Fsp3) is 0.615. The first-order chi connectivity index (χ1) is 33.6. The highest BCUT2D eigenvalue weighted by atomic mass is 32.1. The predicted molar refractivity (Wildman–Crippen MR) is 278 cm³/mol. The molecule has 0 bridgehead atoms. The van der Waals surface area contributed by atoms with Crippen LogP contribution in [-0.2, 0) is 0 Å². The molecule has 6 N–H and O–H groups in total. The SMILES string of the molecule is Cc1cc(NC2CCCCC2)ncc1-c1sc(C(=O)NCC(C)(C)O)nc1C(=O)N1CCCC[C@@H]1C.Cc1cc(N[C@H](C)C2CC2)ncc1-c1sc(C(=O)NCC(C)(C)O)nc1C(=O)N1CCC(F)CC1. The van der Waals surface area contributed by atoms with Gasteiger partial charge in [-0.1, -0.05) is 19.3 Å². The van der Waals surface area contributed by atoms with Crippen LogP contribution in [0, 0.1) is 19.8 Å². The summed E-state index contributed by atoms with van der Waals surface area (Å²) in [5, 5.41) is 32.7. The molecule has 2 saturated heterocycles. The van der Waals surface area contributed by atoms with Gasteiger partial charge in [0.05, 0.1) is 21.0 Å². The van der Waals surface area contributed by atoms with Gasteiger partial charge in [-0.3, -0.25) is 19.2 Å². The van der Waals surface area contributed by atoms with Crippen LogP contribution in [0.5, 0.6) is 0 Å². The maximum Gasteiger partial charge on any atom is 0.280 e. The van der Waals surface area contributed by atoms with E-state index in [0.29, 0.717) is 65.9 Å². The van der Waals surface area contributed by atoms with Crippen LogP contribution in [0.4, 0.5) is 16.0 Å². The fourth-order valence-electron chi connectivity index (χ4n) is 9.12. The van der Waals surface area contributed by atoms with E-state index in [1.807, 2.05) is 30.9 Å². The largest absolute Gasteiger partial charge is 0.389 e. The number of nitrogens with one attached hydrogen (secondary N) is 4. The van der Waals surface area contributed by atoms with Crippen LogP contribution in [0.2, 0.25) is 0 Å². The number of likely N-dealkylation sites (tertiary alicyclic amines) is 2. The number of carbonyl (C=O) groups is 4. The molecule has 4 aliphatic rings. The number of anilines is 2. The Morgan fingerprint density at radius 1 is 0.718 bits per heavy atom. The number of aryl methyl sites for hydroxylation is 2. The Morgan fingerprint density at radius 2 is 1.23 bits per heavy atom. The number of hydrogen-bond donors (Lipinski definition) is 6. The molecule has 16 nitrogen and oxygen atoms in total. The molecule has 8 rings (SSSR count). The van der Waals surface area contributed by atoms with E-state index in [1.165, 1.54) is 43.4 Å². The molecule has 0 aromatic carbocycles. The van der Waals surface area contributed by atoms with Crippen LogP contribution in [0.15, 0.2) is 24.5 Å². The van der Waals surface area contributed by atoms with Crippen molar-refractivity contribution in [2.45, 2.75) is 168 Å². The van der Waals surface area contributed by atoms with Crippen molar-refractivity contribution >= 4 is 57.9 Å². The third kappa shape index (κ3) is 14.5. The van der Waals surface area contributed by atoms with Gasteiger partial charge in [0.2, 0.25) is 0 Å². The molecule has 0 radical (unpaired) electrons. The van der Waals surface area contributed by atoms with E-state index in [4.69, 9.17) is 0 Å². The lowest BCUT2D eigenvalue weighted by Gasteiger charge is -2.33. The molecule has 2 aliphatic carbocycles. The highest BCUT2D eigenvalue weighted by Crippen LogP contribution is 2.38. The molecule has 4 aromatic rings. The predicted octanol–water partition coefficient (Wildman–Crippen LogP) is 8.57. The summed E-state index contributed by atoms with van der Waals surface area (Å²) in [6.45, 7) is 16.1. The summed E-state index contributed by atoms with van der Waals surface area (Å²) in [6.07, 6.45) is 14.8. The van der Waals surface area contributed by atoms with Gasteiger partial charge in [0, 0.05) is 74.4 Å². The molecule has 2 atom stereocenters. The molecule has 386 valence electrons. The average Bonchev–Trinajstić information content (AvgIpc) is 3.94. The number of hydrogen-bond acceptors (Lipinski definition) is 14. The zero-order valence-electron chi connectivity index (χ0n) is 42.6. The molecule has 4 amide bonds. The summed E-state index contributed by atoms with van der Waals surface area (Å²) in [6, 6.07) is 4.90. The smallest absolute Gasteiger partial charge is 0.280 e. The maximum atomic E-state index is 13.7. The number of aliphatic hydroxyl groups is 2. The Morgan fingerprint density at radius 3 is 1.73 bits per heavy atom. The minimum atomic E-state index is -1.08. The number of piperidine rings is 2. The summed E-state index contributed by atoms with van der Waals surface area (Å²) >= 11 is 2.33. The Balaban J connectivity index is 0.000000209. The molecule has 19 heteroatoms. The Hall–Kier alpha value is -5.11. The summed E-state index contributed by atoms with van der Waals surface area (Å²) in [7, 11) is 0. The topological polar surface area (TPSA) is 215 Å². The molecule has 0 spiro atoms. The number of carbonyl (C=O) groups excluding carboxylic acids is 4. The molecule has 0 unspecified atom stereocenters. The van der Waals surface area contributed by atoms with E-state index < -0.39 is 29.2 Å². The summed E-state index contributed by atoms with van der Waals surface area (Å²) in [5.41, 5.74) is 1.81. The van der Waals surface area contributed by atoms with Gasteiger partial charge in [0.1, 0.15) is 29.2 Å². The van der Waals surface area contributed by atoms with Crippen molar-refractivity contribution in [3.05, 3.63) is 57.1 Å². The first-order valence-corrected chi connectivity index (χ1v) is 27.0. The molecule has 6 heterocycles. The van der Waals surface area contributed by atoms with E-state index in [9.17, 15) is 33.8 Å². The number of thiazole rings is 2. The van der Waals surface area contributed by atoms with Gasteiger partial charge in [0.15, 0.2) is 10.0 Å². The van der Waals surface area contributed by atoms with E-state index in [1.54, 1.807) is 45.0 Å². The zero-order valence-corrected chi connectivity index (χ0v) is 44.3. The van der Waals surface area contributed by atoms with E-state index in [2.05, 4.69) is 55.1 Å². The van der Waals surface area contributed by atoms with Crippen LogP contribution >= 0.6 is 22.7 Å². The van der Waals surface area contributed by atoms with Crippen molar-refractivity contribution in [2.75, 3.05) is 43.4 Å². The molecular weight excluding hydrogens is 944 g/mol. The van der Waals surface area contributed by atoms with Crippen molar-refractivity contribution in [3.63, 3.8) is 0 Å². The third-order valence-corrected chi connectivity index (χ3v) is 15.7. The van der Waals surface area contributed by atoms with Gasteiger partial charge in [-0.05, 0) is 142 Å². The minimum absolute atomic E-state index is 0.0498. The van der Waals surface area contributed by atoms with Gasteiger partial charge in [-0.2, -0.15) is 0 Å². The summed E-state index contributed by atoms with van der Waals surface area (Å²) in [5.74, 6) is 0.996. The van der Waals surface area contributed by atoms with Crippen LogP contribution in [-0.4, -0.2) is 132 Å². The van der Waals surface area contributed by atoms with E-state index >= 15 is 0 Å². The maximum absolute atomic E-state index is 13.7. The van der Waals surface area contributed by atoms with Gasteiger partial charge in [0.25, 0.3) is 23.6 Å². The van der Waals surface area contributed by atoms with Crippen LogP contribution in [0.25, 0.3) is 20.9 Å². The molecular formula is C52H73FN10O6S2. The summed E-state index contributed by atoms with van der Waals surface area (Å²) < 4.78 is 13.7. The van der Waals surface area contributed by atoms with Crippen molar-refractivity contribution < 1.29 is 33.8 Å². The Kier molecular flexibility index (Phi) is 17.5. The van der Waals surface area contributed by atoms with Crippen LogP contribution in [0.3, 0.4) is 0 Å². The van der Waals surface area contributed by atoms with Crippen LogP contribution < -0.4 is 21.3 Å². The molecule has 71 heavy (non-hydrogen) atoms. The molecule has 4 aromatic heterocycles. The number of aromatic nitrogens is 4. The summed E-state index contributed by atoms with van der Waals surface area (Å²) in [4.78, 5) is 75.7. The monoisotopic (exact) mass is 1020 g/mol. The van der Waals surface area contributed by atoms with Crippen molar-refractivity contribution in [3.8, 4) is 20.9 Å². The van der Waals surface area contributed by atoms with Crippen molar-refractivity contribution in [2.24, 2.45) is 5.92 Å². The number of rotatable bonds is 15. The van der Waals surface area contributed by atoms with Gasteiger partial charge in [-0.15, -0.1) is 22.7 Å². The number of halogens is 1. The van der Waals surface area contributed by atoms with Gasteiger partial charge < -0.3 is 41.3 Å². The van der Waals surface area contributed by atoms with E-state index in [0.717, 1.165) is 77.3 Å². The minimum Gasteiger partial charge on any atom is -0.389 e. The fourth-order valence-corrected chi connectivity index (χ4v) is 11.2. The quantitative estimate of drug-likeness (QED) is 0.0661. The lowest BCUT2D eigenvalue weighted by Crippen LogP contribution is -2.42. The first-order valence-electron chi connectivity index (χ1n) is 25.4. The molecule has 2 saturated carbocycles. The lowest BCUT2D eigenvalue weighted by molar-refractivity contribution is 0.0628. The third-order valence-electron chi connectivity index (χ3n) is 13.6. The Bertz CT molecular complexity index is 2520. The highest BCUT2D eigenvalue weighted by Gasteiger charge is 2.33. The van der Waals surface area contributed by atoms with Gasteiger partial charge >= 0.3 is 0 Å².